The third kappa shape index (κ3) is 2.71. The third-order valence-electron chi connectivity index (χ3n) is 4.60. The van der Waals surface area contributed by atoms with Crippen LogP contribution in [0.25, 0.3) is 0 Å². The fourth-order valence-corrected chi connectivity index (χ4v) is 3.61. The van der Waals surface area contributed by atoms with Crippen LogP contribution in [-0.2, 0) is 16.0 Å². The van der Waals surface area contributed by atoms with Crippen molar-refractivity contribution >= 4 is 11.9 Å². The van der Waals surface area contributed by atoms with E-state index < -0.39 is 17.8 Å². The molecular formula is C17H19NO3. The molecule has 1 aromatic rings. The highest BCUT2D eigenvalue weighted by atomic mass is 16.4. The average Bonchev–Trinajstić information content (AvgIpc) is 3.08. The predicted octanol–water partition coefficient (Wildman–Crippen LogP) is 1.87. The zero-order valence-electron chi connectivity index (χ0n) is 11.7. The molecule has 1 saturated carbocycles. The molecule has 2 unspecified atom stereocenters. The topological polar surface area (TPSA) is 66.4 Å². The molecule has 0 radical (unpaired) electrons. The van der Waals surface area contributed by atoms with Gasteiger partial charge in [0.15, 0.2) is 0 Å². The van der Waals surface area contributed by atoms with Crippen LogP contribution in [0.3, 0.4) is 0 Å². The van der Waals surface area contributed by atoms with Crippen molar-refractivity contribution in [3.8, 4) is 0 Å². The fraction of sp³-hybridized carbons (Fsp3) is 0.412. The molecule has 21 heavy (non-hydrogen) atoms. The van der Waals surface area contributed by atoms with Gasteiger partial charge in [0.2, 0.25) is 5.91 Å². The summed E-state index contributed by atoms with van der Waals surface area (Å²) in [5.41, 5.74) is 1.17. The van der Waals surface area contributed by atoms with Gasteiger partial charge in [-0.1, -0.05) is 42.5 Å². The highest BCUT2D eigenvalue weighted by Crippen LogP contribution is 2.48. The first-order valence-corrected chi connectivity index (χ1v) is 7.39. The number of carboxylic acids is 1. The van der Waals surface area contributed by atoms with E-state index in [4.69, 9.17) is 0 Å². The molecule has 4 nitrogen and oxygen atoms in total. The minimum Gasteiger partial charge on any atom is -0.481 e. The van der Waals surface area contributed by atoms with E-state index in [-0.39, 0.29) is 17.7 Å². The standard InChI is InChI=1S/C17H19NO3/c19-16(18-9-8-11-4-2-1-3-5-11)14-12-6-7-13(10-12)15(14)17(20)21/h1-7,12-15H,8-10H2,(H,18,19)(H,20,21)/t12?,13?,14-,15+/m0/s1. The molecule has 3 rings (SSSR count). The molecule has 0 saturated heterocycles. The zero-order valence-corrected chi connectivity index (χ0v) is 11.7. The lowest BCUT2D eigenvalue weighted by molar-refractivity contribution is -0.147. The van der Waals surface area contributed by atoms with Crippen LogP contribution in [0.4, 0.5) is 0 Å². The van der Waals surface area contributed by atoms with Gasteiger partial charge in [-0.3, -0.25) is 9.59 Å². The van der Waals surface area contributed by atoms with Crippen molar-refractivity contribution in [2.24, 2.45) is 23.7 Å². The van der Waals surface area contributed by atoms with Crippen molar-refractivity contribution in [3.05, 3.63) is 48.0 Å². The summed E-state index contributed by atoms with van der Waals surface area (Å²) in [6.07, 6.45) is 5.53. The van der Waals surface area contributed by atoms with Crippen LogP contribution < -0.4 is 5.32 Å². The van der Waals surface area contributed by atoms with Gasteiger partial charge in [0, 0.05) is 6.54 Å². The number of hydrogen-bond donors (Lipinski definition) is 2. The van der Waals surface area contributed by atoms with Gasteiger partial charge in [-0.15, -0.1) is 0 Å². The summed E-state index contributed by atoms with van der Waals surface area (Å²) >= 11 is 0. The van der Waals surface area contributed by atoms with E-state index in [9.17, 15) is 14.7 Å². The average molecular weight is 285 g/mol. The van der Waals surface area contributed by atoms with Gasteiger partial charge < -0.3 is 10.4 Å². The van der Waals surface area contributed by atoms with Crippen LogP contribution in [0.1, 0.15) is 12.0 Å². The van der Waals surface area contributed by atoms with Gasteiger partial charge in [0.25, 0.3) is 0 Å². The van der Waals surface area contributed by atoms with Crippen LogP contribution in [0.5, 0.6) is 0 Å². The minimum atomic E-state index is -0.852. The predicted molar refractivity (Wildman–Crippen MR) is 78.5 cm³/mol. The molecule has 1 amide bonds. The highest BCUT2D eigenvalue weighted by molar-refractivity contribution is 5.86. The van der Waals surface area contributed by atoms with E-state index in [0.29, 0.717) is 6.54 Å². The summed E-state index contributed by atoms with van der Waals surface area (Å²) in [5, 5.41) is 12.3. The maximum absolute atomic E-state index is 12.3. The highest BCUT2D eigenvalue weighted by Gasteiger charge is 2.51. The second-order valence-corrected chi connectivity index (χ2v) is 5.86. The molecule has 1 aromatic carbocycles. The number of carboxylic acid groups (broad SMARTS) is 1. The first kappa shape index (κ1) is 13.9. The molecule has 0 aliphatic heterocycles. The van der Waals surface area contributed by atoms with Gasteiger partial charge in [-0.05, 0) is 30.2 Å². The van der Waals surface area contributed by atoms with Crippen LogP contribution in [0.15, 0.2) is 42.5 Å². The molecule has 110 valence electrons. The van der Waals surface area contributed by atoms with Gasteiger partial charge in [-0.2, -0.15) is 0 Å². The van der Waals surface area contributed by atoms with Crippen molar-refractivity contribution in [2.45, 2.75) is 12.8 Å². The largest absolute Gasteiger partial charge is 0.481 e. The van der Waals surface area contributed by atoms with Crippen LogP contribution in [-0.4, -0.2) is 23.5 Å². The number of hydrogen-bond acceptors (Lipinski definition) is 2. The lowest BCUT2D eigenvalue weighted by Crippen LogP contribution is -2.40. The molecule has 4 heteroatoms. The molecule has 4 atom stereocenters. The molecule has 0 heterocycles. The molecule has 1 fully saturated rings. The number of amides is 1. The summed E-state index contributed by atoms with van der Waals surface area (Å²) in [7, 11) is 0. The van der Waals surface area contributed by atoms with Crippen LogP contribution >= 0.6 is 0 Å². The Kier molecular flexibility index (Phi) is 3.78. The second kappa shape index (κ2) is 5.72. The van der Waals surface area contributed by atoms with E-state index in [2.05, 4.69) is 5.32 Å². The zero-order chi connectivity index (χ0) is 14.8. The fourth-order valence-electron chi connectivity index (χ4n) is 3.61. The Morgan fingerprint density at radius 2 is 1.76 bits per heavy atom. The van der Waals surface area contributed by atoms with E-state index in [1.807, 2.05) is 42.5 Å². The molecule has 2 N–H and O–H groups in total. The number of benzene rings is 1. The molecule has 0 aromatic heterocycles. The van der Waals surface area contributed by atoms with Crippen LogP contribution in [0, 0.1) is 23.7 Å². The SMILES string of the molecule is O=C(O)[C@@H]1C2C=CC(C2)[C@@H]1C(=O)NCCc1ccccc1. The number of carbonyl (C=O) groups excluding carboxylic acids is 1. The van der Waals surface area contributed by atoms with E-state index in [0.717, 1.165) is 12.8 Å². The summed E-state index contributed by atoms with van der Waals surface area (Å²) < 4.78 is 0. The monoisotopic (exact) mass is 285 g/mol. The van der Waals surface area contributed by atoms with Crippen LogP contribution in [0.2, 0.25) is 0 Å². The van der Waals surface area contributed by atoms with Gasteiger partial charge in [-0.25, -0.2) is 0 Å². The summed E-state index contributed by atoms with van der Waals surface area (Å²) in [6, 6.07) is 9.94. The maximum Gasteiger partial charge on any atom is 0.307 e. The Labute approximate surface area is 123 Å². The molecular weight excluding hydrogens is 266 g/mol. The number of fused-ring (bicyclic) bond motifs is 2. The van der Waals surface area contributed by atoms with Crippen molar-refractivity contribution in [1.82, 2.24) is 5.32 Å². The Hall–Kier alpha value is -2.10. The molecule has 2 aliphatic rings. The number of rotatable bonds is 5. The first-order chi connectivity index (χ1) is 10.2. The minimum absolute atomic E-state index is 0.0253. The first-order valence-electron chi connectivity index (χ1n) is 7.39. The Morgan fingerprint density at radius 3 is 2.43 bits per heavy atom. The number of nitrogens with one attached hydrogen (secondary N) is 1. The Balaban J connectivity index is 1.58. The lowest BCUT2D eigenvalue weighted by atomic mass is 9.82. The van der Waals surface area contributed by atoms with Gasteiger partial charge in [0.05, 0.1) is 11.8 Å². The normalized spacial score (nSPS) is 29.5. The smallest absolute Gasteiger partial charge is 0.307 e. The molecule has 2 bridgehead atoms. The van der Waals surface area contributed by atoms with E-state index in [1.165, 1.54) is 5.56 Å². The summed E-state index contributed by atoms with van der Waals surface area (Å²) in [5.74, 6) is -1.82. The molecule has 2 aliphatic carbocycles. The number of carbonyl (C=O) groups is 2. The summed E-state index contributed by atoms with van der Waals surface area (Å²) in [4.78, 5) is 23.7. The second-order valence-electron chi connectivity index (χ2n) is 5.86. The third-order valence-corrected chi connectivity index (χ3v) is 4.60. The summed E-state index contributed by atoms with van der Waals surface area (Å²) in [6.45, 7) is 0.548. The van der Waals surface area contributed by atoms with E-state index >= 15 is 0 Å². The van der Waals surface area contributed by atoms with Crippen molar-refractivity contribution in [1.29, 1.82) is 0 Å². The molecule has 0 spiro atoms. The number of aliphatic carboxylic acids is 1. The Bertz CT molecular complexity index is 567. The maximum atomic E-state index is 12.3. The van der Waals surface area contributed by atoms with E-state index in [1.54, 1.807) is 0 Å². The van der Waals surface area contributed by atoms with Crippen molar-refractivity contribution in [3.63, 3.8) is 0 Å². The Morgan fingerprint density at radius 1 is 1.10 bits per heavy atom. The number of allylic oxidation sites excluding steroid dienone is 2. The van der Waals surface area contributed by atoms with Gasteiger partial charge in [0.1, 0.15) is 0 Å². The quantitative estimate of drug-likeness (QED) is 0.812. The van der Waals surface area contributed by atoms with Gasteiger partial charge >= 0.3 is 5.97 Å². The van der Waals surface area contributed by atoms with Crippen molar-refractivity contribution in [2.75, 3.05) is 6.54 Å². The van der Waals surface area contributed by atoms with Crippen molar-refractivity contribution < 1.29 is 14.7 Å². The lowest BCUT2D eigenvalue weighted by Gasteiger charge is -2.23.